The monoisotopic (exact) mass is 401 g/mol. The molecular weight excluding hydrogens is 373 g/mol. The van der Waals surface area contributed by atoms with Gasteiger partial charge in [0, 0.05) is 12.1 Å². The van der Waals surface area contributed by atoms with Gasteiger partial charge in [0.25, 0.3) is 5.91 Å². The van der Waals surface area contributed by atoms with Gasteiger partial charge in [-0.15, -0.1) is 0 Å². The number of carbonyl (C=O) groups excluding carboxylic acids is 2. The van der Waals surface area contributed by atoms with Crippen LogP contribution in [0.2, 0.25) is 0 Å². The van der Waals surface area contributed by atoms with Gasteiger partial charge in [0.1, 0.15) is 18.2 Å². The van der Waals surface area contributed by atoms with Crippen molar-refractivity contribution in [3.63, 3.8) is 0 Å². The summed E-state index contributed by atoms with van der Waals surface area (Å²) in [5.41, 5.74) is 3.91. The van der Waals surface area contributed by atoms with E-state index in [0.29, 0.717) is 11.3 Å². The van der Waals surface area contributed by atoms with Crippen LogP contribution in [0.4, 0.5) is 10.1 Å². The number of hydrogen-bond donors (Lipinski definition) is 2. The molecule has 3 atom stereocenters. The summed E-state index contributed by atoms with van der Waals surface area (Å²) < 4.78 is 13.8. The Hall–Kier alpha value is -2.64. The van der Waals surface area contributed by atoms with Gasteiger partial charge in [-0.2, -0.15) is 5.10 Å². The first-order valence-electron chi connectivity index (χ1n) is 10.5. The number of benzene rings is 1. The molecule has 2 heterocycles. The van der Waals surface area contributed by atoms with Crippen molar-refractivity contribution < 1.29 is 14.0 Å². The number of nitrogens with zero attached hydrogens (tertiary/aromatic N) is 3. The summed E-state index contributed by atoms with van der Waals surface area (Å²) in [5.74, 6) is 0.151. The fourth-order valence-corrected chi connectivity index (χ4v) is 4.69. The predicted octanol–water partition coefficient (Wildman–Crippen LogP) is 2.57. The van der Waals surface area contributed by atoms with E-state index >= 15 is 0 Å². The molecule has 1 aliphatic carbocycles. The Morgan fingerprint density at radius 2 is 2.07 bits per heavy atom. The van der Waals surface area contributed by atoms with E-state index in [0.717, 1.165) is 44.4 Å². The Morgan fingerprint density at radius 3 is 2.79 bits per heavy atom. The summed E-state index contributed by atoms with van der Waals surface area (Å²) in [7, 11) is 0. The van der Waals surface area contributed by atoms with Crippen molar-refractivity contribution in [2.75, 3.05) is 11.9 Å². The molecule has 4 rings (SSSR count). The minimum atomic E-state index is -0.527. The minimum absolute atomic E-state index is 0.00467. The van der Waals surface area contributed by atoms with Gasteiger partial charge in [0.05, 0.1) is 12.1 Å². The maximum Gasteiger partial charge on any atom is 0.268 e. The number of halogens is 1. The molecule has 0 radical (unpaired) electrons. The standard InChI is InChI=1S/C21H28FN5O2/c1-3-6-18-24-25-20-21(29)26(16-7-4-5-8-17(16)27(18)20)12-19(28)23-14-10-9-13(2)15(22)11-14/h9-11,16-17,20,25H,3-8,12H2,1-2H3,(H,23,28). The number of nitrogens with one attached hydrogen (secondary N) is 2. The molecule has 2 aliphatic heterocycles. The second kappa shape index (κ2) is 8.00. The molecule has 3 unspecified atom stereocenters. The van der Waals surface area contributed by atoms with Crippen molar-refractivity contribution in [2.45, 2.75) is 70.6 Å². The van der Waals surface area contributed by atoms with Gasteiger partial charge in [0.2, 0.25) is 5.91 Å². The van der Waals surface area contributed by atoms with Crippen LogP contribution in [0.25, 0.3) is 0 Å². The first-order valence-corrected chi connectivity index (χ1v) is 10.5. The number of piperazine rings is 1. The SMILES string of the molecule is CCCC1=NNC2C(=O)N(CC(=O)Nc3ccc(C)c(F)c3)C3CCCCC3N12. The Bertz CT molecular complexity index is 842. The molecule has 2 N–H and O–H groups in total. The zero-order valence-electron chi connectivity index (χ0n) is 16.9. The van der Waals surface area contributed by atoms with Crippen LogP contribution in [0.3, 0.4) is 0 Å². The average Bonchev–Trinajstić information content (AvgIpc) is 3.12. The van der Waals surface area contributed by atoms with E-state index in [1.165, 1.54) is 6.07 Å². The van der Waals surface area contributed by atoms with E-state index in [1.54, 1.807) is 24.0 Å². The van der Waals surface area contributed by atoms with Crippen LogP contribution in [0.1, 0.15) is 51.0 Å². The highest BCUT2D eigenvalue weighted by atomic mass is 19.1. The number of fused-ring (bicyclic) bond motifs is 3. The van der Waals surface area contributed by atoms with E-state index in [1.807, 2.05) is 0 Å². The normalized spacial score (nSPS) is 25.8. The average molecular weight is 401 g/mol. The number of amides is 2. The van der Waals surface area contributed by atoms with Crippen LogP contribution in [0, 0.1) is 12.7 Å². The van der Waals surface area contributed by atoms with Gasteiger partial charge in [-0.25, -0.2) is 4.39 Å². The molecule has 0 spiro atoms. The van der Waals surface area contributed by atoms with Gasteiger partial charge in [-0.3, -0.25) is 15.0 Å². The maximum absolute atomic E-state index is 13.8. The summed E-state index contributed by atoms with van der Waals surface area (Å²) in [6.07, 6.45) is 5.29. The molecule has 0 aromatic heterocycles. The molecule has 1 saturated carbocycles. The van der Waals surface area contributed by atoms with E-state index in [2.05, 4.69) is 27.7 Å². The second-order valence-corrected chi connectivity index (χ2v) is 8.11. The number of anilines is 1. The molecule has 0 bridgehead atoms. The Balaban J connectivity index is 1.50. The molecule has 2 fully saturated rings. The molecule has 156 valence electrons. The first kappa shape index (κ1) is 19.7. The molecular formula is C21H28FN5O2. The van der Waals surface area contributed by atoms with Crippen molar-refractivity contribution >= 4 is 23.3 Å². The topological polar surface area (TPSA) is 77.0 Å². The molecule has 8 heteroatoms. The molecule has 1 saturated heterocycles. The number of aryl methyl sites for hydroxylation is 1. The molecule has 2 amide bonds. The van der Waals surface area contributed by atoms with Crippen LogP contribution in [-0.4, -0.2) is 52.2 Å². The zero-order valence-corrected chi connectivity index (χ0v) is 16.9. The maximum atomic E-state index is 13.8. The summed E-state index contributed by atoms with van der Waals surface area (Å²) in [6, 6.07) is 4.77. The molecule has 1 aromatic carbocycles. The predicted molar refractivity (Wildman–Crippen MR) is 109 cm³/mol. The minimum Gasteiger partial charge on any atom is -0.325 e. The molecule has 1 aromatic rings. The van der Waals surface area contributed by atoms with E-state index in [-0.39, 0.29) is 36.3 Å². The number of hydrogen-bond acceptors (Lipinski definition) is 5. The van der Waals surface area contributed by atoms with Crippen LogP contribution < -0.4 is 10.7 Å². The van der Waals surface area contributed by atoms with Crippen LogP contribution in [-0.2, 0) is 9.59 Å². The number of carbonyl (C=O) groups is 2. The van der Waals surface area contributed by atoms with E-state index < -0.39 is 6.17 Å². The highest BCUT2D eigenvalue weighted by Gasteiger charge is 2.50. The number of hydrazone groups is 1. The lowest BCUT2D eigenvalue weighted by Gasteiger charge is -2.51. The van der Waals surface area contributed by atoms with Gasteiger partial charge >= 0.3 is 0 Å². The Kier molecular flexibility index (Phi) is 5.43. The molecule has 3 aliphatic rings. The first-order chi connectivity index (χ1) is 14.0. The molecule has 29 heavy (non-hydrogen) atoms. The Morgan fingerprint density at radius 1 is 1.31 bits per heavy atom. The third-order valence-corrected chi connectivity index (χ3v) is 6.10. The van der Waals surface area contributed by atoms with Crippen LogP contribution in [0.5, 0.6) is 0 Å². The smallest absolute Gasteiger partial charge is 0.268 e. The summed E-state index contributed by atoms with van der Waals surface area (Å²) in [4.78, 5) is 29.7. The third-order valence-electron chi connectivity index (χ3n) is 6.10. The van der Waals surface area contributed by atoms with Crippen molar-refractivity contribution in [1.82, 2.24) is 15.2 Å². The van der Waals surface area contributed by atoms with Crippen LogP contribution in [0.15, 0.2) is 23.3 Å². The number of amidine groups is 1. The van der Waals surface area contributed by atoms with Gasteiger partial charge < -0.3 is 15.1 Å². The third kappa shape index (κ3) is 3.68. The summed E-state index contributed by atoms with van der Waals surface area (Å²) in [6.45, 7) is 3.74. The largest absolute Gasteiger partial charge is 0.325 e. The quantitative estimate of drug-likeness (QED) is 0.795. The van der Waals surface area contributed by atoms with Gasteiger partial charge in [-0.05, 0) is 43.9 Å². The van der Waals surface area contributed by atoms with E-state index in [4.69, 9.17) is 0 Å². The fourth-order valence-electron chi connectivity index (χ4n) is 4.69. The zero-order chi connectivity index (χ0) is 20.5. The second-order valence-electron chi connectivity index (χ2n) is 8.11. The summed E-state index contributed by atoms with van der Waals surface area (Å²) in [5, 5.41) is 7.14. The lowest BCUT2D eigenvalue weighted by Crippen LogP contribution is -2.69. The van der Waals surface area contributed by atoms with E-state index in [9.17, 15) is 14.0 Å². The molecule has 7 nitrogen and oxygen atoms in total. The van der Waals surface area contributed by atoms with Crippen LogP contribution >= 0.6 is 0 Å². The highest BCUT2D eigenvalue weighted by Crippen LogP contribution is 2.35. The lowest BCUT2D eigenvalue weighted by atomic mass is 9.85. The number of rotatable bonds is 5. The van der Waals surface area contributed by atoms with Gasteiger partial charge in [0.15, 0.2) is 6.17 Å². The summed E-state index contributed by atoms with van der Waals surface area (Å²) >= 11 is 0. The van der Waals surface area contributed by atoms with Crippen molar-refractivity contribution in [3.05, 3.63) is 29.6 Å². The van der Waals surface area contributed by atoms with Crippen molar-refractivity contribution in [1.29, 1.82) is 0 Å². The van der Waals surface area contributed by atoms with Crippen molar-refractivity contribution in [2.24, 2.45) is 5.10 Å². The Labute approximate surface area is 170 Å². The lowest BCUT2D eigenvalue weighted by molar-refractivity contribution is -0.151. The highest BCUT2D eigenvalue weighted by molar-refractivity contribution is 5.98. The fraction of sp³-hybridized carbons (Fsp3) is 0.571. The van der Waals surface area contributed by atoms with Crippen molar-refractivity contribution in [3.8, 4) is 0 Å². The van der Waals surface area contributed by atoms with Gasteiger partial charge in [-0.1, -0.05) is 25.8 Å².